The first-order valence-electron chi connectivity index (χ1n) is 10.7. The van der Waals surface area contributed by atoms with Crippen LogP contribution in [-0.4, -0.2) is 51.7 Å². The zero-order valence-electron chi connectivity index (χ0n) is 18.0. The van der Waals surface area contributed by atoms with E-state index in [2.05, 4.69) is 29.0 Å². The molecule has 2 heterocycles. The molecule has 0 saturated carbocycles. The number of carbonyl (C=O) groups excluding carboxylic acids is 1. The Morgan fingerprint density at radius 3 is 2.81 bits per heavy atom. The van der Waals surface area contributed by atoms with Gasteiger partial charge in [-0.2, -0.15) is 0 Å². The average Bonchev–Trinajstić information content (AvgIpc) is 3.15. The van der Waals surface area contributed by atoms with Crippen molar-refractivity contribution in [2.24, 2.45) is 0 Å². The summed E-state index contributed by atoms with van der Waals surface area (Å²) in [4.78, 5) is 20.0. The van der Waals surface area contributed by atoms with Crippen LogP contribution in [0.15, 0.2) is 54.3 Å². The molecule has 3 aromatic rings. The number of aliphatic hydroxyl groups excluding tert-OH is 1. The van der Waals surface area contributed by atoms with E-state index in [4.69, 9.17) is 4.74 Å². The maximum Gasteiger partial charge on any atom is 0.262 e. The smallest absolute Gasteiger partial charge is 0.262 e. The van der Waals surface area contributed by atoms with E-state index in [1.54, 1.807) is 12.1 Å². The first-order chi connectivity index (χ1) is 15.1. The highest BCUT2D eigenvalue weighted by Crippen LogP contribution is 2.30. The van der Waals surface area contributed by atoms with E-state index in [1.165, 1.54) is 0 Å². The van der Waals surface area contributed by atoms with Gasteiger partial charge in [0.2, 0.25) is 0 Å². The first-order valence-corrected chi connectivity index (χ1v) is 10.7. The number of benzene rings is 2. The van der Waals surface area contributed by atoms with E-state index in [1.807, 2.05) is 41.0 Å². The Bertz CT molecular complexity index is 1110. The van der Waals surface area contributed by atoms with Crippen LogP contribution in [-0.2, 0) is 11.3 Å². The van der Waals surface area contributed by atoms with E-state index >= 15 is 0 Å². The van der Waals surface area contributed by atoms with Crippen LogP contribution in [0.5, 0.6) is 5.75 Å². The lowest BCUT2D eigenvalue weighted by Gasteiger charge is -2.19. The number of hydrogen-bond acceptors (Lipinski definition) is 5. The molecule has 31 heavy (non-hydrogen) atoms. The maximum absolute atomic E-state index is 13.1. The second-order valence-corrected chi connectivity index (χ2v) is 7.50. The summed E-state index contributed by atoms with van der Waals surface area (Å²) in [5.74, 6) is 0.870. The number of imidazole rings is 1. The Hall–Kier alpha value is -3.32. The van der Waals surface area contributed by atoms with E-state index < -0.39 is 0 Å². The fourth-order valence-electron chi connectivity index (χ4n) is 3.89. The Labute approximate surface area is 182 Å². The third kappa shape index (κ3) is 4.41. The number of para-hydroxylation sites is 2. The standard InChI is InChI=1S/C24H28N4O3/c1-3-27(4-2)14-15-31-18-9-7-8-17(16-18)25-24(30)22-21(29)12-13-28-20-11-6-5-10-19(20)26-23(22)28/h5-11,16,29H,3-4,12-15H2,1-2H3,(H,25,30). The summed E-state index contributed by atoms with van der Waals surface area (Å²) in [7, 11) is 0. The lowest BCUT2D eigenvalue weighted by Crippen LogP contribution is -2.27. The minimum absolute atomic E-state index is 0.0620. The molecule has 2 N–H and O–H groups in total. The number of aryl methyl sites for hydroxylation is 1. The number of ether oxygens (including phenoxy) is 1. The molecular weight excluding hydrogens is 392 g/mol. The first kappa shape index (κ1) is 20.9. The molecule has 1 amide bonds. The molecule has 0 fully saturated rings. The Morgan fingerprint density at radius 2 is 2.00 bits per heavy atom. The van der Waals surface area contributed by atoms with Gasteiger partial charge in [-0.3, -0.25) is 4.79 Å². The van der Waals surface area contributed by atoms with Crippen molar-refractivity contribution in [2.45, 2.75) is 26.8 Å². The van der Waals surface area contributed by atoms with Crippen molar-refractivity contribution in [1.82, 2.24) is 14.5 Å². The Kier molecular flexibility index (Phi) is 6.23. The average molecular weight is 421 g/mol. The highest BCUT2D eigenvalue weighted by molar-refractivity contribution is 6.25. The lowest BCUT2D eigenvalue weighted by atomic mass is 10.1. The van der Waals surface area contributed by atoms with Crippen LogP contribution >= 0.6 is 0 Å². The number of aromatic nitrogens is 2. The summed E-state index contributed by atoms with van der Waals surface area (Å²) in [6, 6.07) is 15.1. The molecule has 1 aromatic heterocycles. The van der Waals surface area contributed by atoms with Gasteiger partial charge in [-0.1, -0.05) is 32.0 Å². The van der Waals surface area contributed by atoms with Crippen LogP contribution in [0.4, 0.5) is 5.69 Å². The van der Waals surface area contributed by atoms with Crippen molar-refractivity contribution in [2.75, 3.05) is 31.6 Å². The van der Waals surface area contributed by atoms with Crippen LogP contribution in [0, 0.1) is 0 Å². The van der Waals surface area contributed by atoms with Crippen molar-refractivity contribution in [1.29, 1.82) is 0 Å². The Balaban J connectivity index is 1.50. The molecule has 1 aliphatic rings. The van der Waals surface area contributed by atoms with Gasteiger partial charge in [0.1, 0.15) is 29.5 Å². The zero-order chi connectivity index (χ0) is 21.8. The summed E-state index contributed by atoms with van der Waals surface area (Å²) >= 11 is 0. The number of fused-ring (bicyclic) bond motifs is 3. The molecule has 162 valence electrons. The van der Waals surface area contributed by atoms with Gasteiger partial charge in [-0.05, 0) is 37.4 Å². The van der Waals surface area contributed by atoms with E-state index in [-0.39, 0.29) is 17.2 Å². The number of anilines is 1. The third-order valence-corrected chi connectivity index (χ3v) is 5.63. The van der Waals surface area contributed by atoms with Crippen molar-refractivity contribution < 1.29 is 14.6 Å². The molecule has 0 atom stereocenters. The number of hydrogen-bond donors (Lipinski definition) is 2. The summed E-state index contributed by atoms with van der Waals surface area (Å²) in [6.45, 7) is 8.25. The number of nitrogens with zero attached hydrogens (tertiary/aromatic N) is 3. The lowest BCUT2D eigenvalue weighted by molar-refractivity contribution is -0.111. The normalized spacial score (nSPS) is 13.5. The van der Waals surface area contributed by atoms with E-state index in [9.17, 15) is 9.90 Å². The van der Waals surface area contributed by atoms with Gasteiger partial charge in [0, 0.05) is 31.3 Å². The quantitative estimate of drug-likeness (QED) is 0.574. The van der Waals surface area contributed by atoms with Crippen molar-refractivity contribution in [3.8, 4) is 5.75 Å². The number of allylic oxidation sites excluding steroid dienone is 1. The predicted octanol–water partition coefficient (Wildman–Crippen LogP) is 4.07. The molecule has 0 saturated heterocycles. The molecule has 1 aliphatic heterocycles. The summed E-state index contributed by atoms with van der Waals surface area (Å²) < 4.78 is 7.84. The van der Waals surface area contributed by atoms with E-state index in [0.29, 0.717) is 36.8 Å². The number of aliphatic hydroxyl groups is 1. The number of nitrogens with one attached hydrogen (secondary N) is 1. The van der Waals surface area contributed by atoms with Gasteiger partial charge < -0.3 is 24.6 Å². The van der Waals surface area contributed by atoms with Gasteiger partial charge in [0.25, 0.3) is 5.91 Å². The number of rotatable bonds is 8. The second-order valence-electron chi connectivity index (χ2n) is 7.50. The van der Waals surface area contributed by atoms with E-state index in [0.717, 1.165) is 30.7 Å². The van der Waals surface area contributed by atoms with Gasteiger partial charge in [0.15, 0.2) is 0 Å². The molecule has 4 rings (SSSR count). The number of likely N-dealkylation sites (N-methyl/N-ethyl adjacent to an activating group) is 1. The molecule has 0 aliphatic carbocycles. The number of amides is 1. The third-order valence-electron chi connectivity index (χ3n) is 5.63. The molecule has 0 spiro atoms. The second kappa shape index (κ2) is 9.22. The predicted molar refractivity (Wildman–Crippen MR) is 122 cm³/mol. The van der Waals surface area contributed by atoms with Crippen LogP contribution in [0.25, 0.3) is 16.6 Å². The van der Waals surface area contributed by atoms with Crippen molar-refractivity contribution >= 4 is 28.2 Å². The zero-order valence-corrected chi connectivity index (χ0v) is 18.0. The van der Waals surface area contributed by atoms with Crippen LogP contribution < -0.4 is 10.1 Å². The summed E-state index contributed by atoms with van der Waals surface area (Å²) in [5, 5.41) is 13.4. The molecule has 0 unspecified atom stereocenters. The molecule has 0 bridgehead atoms. The van der Waals surface area contributed by atoms with Crippen LogP contribution in [0.1, 0.15) is 26.1 Å². The monoisotopic (exact) mass is 420 g/mol. The minimum Gasteiger partial charge on any atom is -0.511 e. The van der Waals surface area contributed by atoms with Crippen LogP contribution in [0.3, 0.4) is 0 Å². The molecule has 7 nitrogen and oxygen atoms in total. The van der Waals surface area contributed by atoms with Crippen molar-refractivity contribution in [3.63, 3.8) is 0 Å². The number of carbonyl (C=O) groups is 1. The maximum atomic E-state index is 13.1. The molecule has 0 radical (unpaired) electrons. The molecular formula is C24H28N4O3. The fraction of sp³-hybridized carbons (Fsp3) is 0.333. The highest BCUT2D eigenvalue weighted by atomic mass is 16.5. The Morgan fingerprint density at radius 1 is 1.19 bits per heavy atom. The fourth-order valence-corrected chi connectivity index (χ4v) is 3.89. The van der Waals surface area contributed by atoms with Gasteiger partial charge in [-0.25, -0.2) is 4.98 Å². The summed E-state index contributed by atoms with van der Waals surface area (Å²) in [5.41, 5.74) is 2.59. The van der Waals surface area contributed by atoms with Gasteiger partial charge in [0.05, 0.1) is 11.0 Å². The largest absolute Gasteiger partial charge is 0.511 e. The minimum atomic E-state index is -0.381. The topological polar surface area (TPSA) is 79.6 Å². The summed E-state index contributed by atoms with van der Waals surface area (Å²) in [6.07, 6.45) is 0.393. The van der Waals surface area contributed by atoms with Crippen molar-refractivity contribution in [3.05, 3.63) is 60.1 Å². The van der Waals surface area contributed by atoms with Gasteiger partial charge in [-0.15, -0.1) is 0 Å². The SMILES string of the molecule is CCN(CC)CCOc1cccc(NC(=O)C2=C(O)CCn3c2nc2ccccc23)c1. The molecule has 7 heteroatoms. The molecule has 2 aromatic carbocycles. The van der Waals surface area contributed by atoms with Crippen LogP contribution in [0.2, 0.25) is 0 Å². The van der Waals surface area contributed by atoms with Gasteiger partial charge >= 0.3 is 0 Å². The highest BCUT2D eigenvalue weighted by Gasteiger charge is 2.28.